The topological polar surface area (TPSA) is 108 Å². The van der Waals surface area contributed by atoms with Crippen molar-refractivity contribution in [1.29, 1.82) is 0 Å². The largest absolute Gasteiger partial charge is 0.508 e. The Morgan fingerprint density at radius 2 is 2.05 bits per heavy atom. The fourth-order valence-corrected chi connectivity index (χ4v) is 4.15. The molecule has 0 saturated carbocycles. The summed E-state index contributed by atoms with van der Waals surface area (Å²) in [6, 6.07) is 6.33. The van der Waals surface area contributed by atoms with E-state index in [1.54, 1.807) is 18.2 Å². The molecule has 7 nitrogen and oxygen atoms in total. The molecular formula is C12H12N2O5S2. The fraction of sp³-hybridized carbons (Fsp3) is 0.167. The van der Waals surface area contributed by atoms with Crippen molar-refractivity contribution in [3.8, 4) is 5.75 Å². The number of rotatable bonds is 5. The highest BCUT2D eigenvalue weighted by molar-refractivity contribution is 7.91. The molecule has 2 N–H and O–H groups in total. The Bertz CT molecular complexity index is 769. The SMILES string of the molecule is CN(Cc1ccccc1O)S(=O)(=O)c1scnc1C(=O)O. The number of aromatic carboxylic acids is 1. The van der Waals surface area contributed by atoms with Gasteiger partial charge in [0.25, 0.3) is 10.0 Å². The Kier molecular flexibility index (Phi) is 4.26. The number of hydrogen-bond acceptors (Lipinski definition) is 6. The molecule has 0 fully saturated rings. The Labute approximate surface area is 125 Å². The summed E-state index contributed by atoms with van der Waals surface area (Å²) in [5.41, 5.74) is 1.10. The standard InChI is InChI=1S/C12H12N2O5S2/c1-14(6-8-4-2-3-5-9(8)15)21(18,19)12-10(11(16)17)13-7-20-12/h2-5,7,15H,6H2,1H3,(H,16,17). The number of aromatic nitrogens is 1. The van der Waals surface area contributed by atoms with Crippen molar-refractivity contribution >= 4 is 27.3 Å². The predicted molar refractivity (Wildman–Crippen MR) is 75.8 cm³/mol. The number of phenols is 1. The smallest absolute Gasteiger partial charge is 0.356 e. The van der Waals surface area contributed by atoms with Crippen LogP contribution in [0.25, 0.3) is 0 Å². The first-order valence-electron chi connectivity index (χ1n) is 5.74. The number of carboxylic acid groups (broad SMARTS) is 1. The van der Waals surface area contributed by atoms with E-state index in [0.717, 1.165) is 15.6 Å². The van der Waals surface area contributed by atoms with Gasteiger partial charge in [0.1, 0.15) is 5.75 Å². The molecule has 1 aromatic carbocycles. The average Bonchev–Trinajstić information content (AvgIpc) is 2.91. The van der Waals surface area contributed by atoms with E-state index in [1.165, 1.54) is 18.6 Å². The number of benzene rings is 1. The zero-order valence-corrected chi connectivity index (χ0v) is 12.6. The first-order chi connectivity index (χ1) is 9.84. The fourth-order valence-electron chi connectivity index (χ4n) is 1.67. The third kappa shape index (κ3) is 3.04. The third-order valence-corrected chi connectivity index (χ3v) is 5.92. The summed E-state index contributed by atoms with van der Waals surface area (Å²) < 4.78 is 25.4. The summed E-state index contributed by atoms with van der Waals surface area (Å²) >= 11 is 0.744. The average molecular weight is 328 g/mol. The van der Waals surface area contributed by atoms with Crippen LogP contribution in [0.15, 0.2) is 34.0 Å². The van der Waals surface area contributed by atoms with E-state index < -0.39 is 21.7 Å². The second-order valence-corrected chi connectivity index (χ2v) is 7.28. The summed E-state index contributed by atoms with van der Waals surface area (Å²) in [5, 5.41) is 18.6. The van der Waals surface area contributed by atoms with Gasteiger partial charge in [0.05, 0.1) is 5.51 Å². The van der Waals surface area contributed by atoms with Crippen LogP contribution in [-0.2, 0) is 16.6 Å². The van der Waals surface area contributed by atoms with Crippen LogP contribution in [0.4, 0.5) is 0 Å². The normalized spacial score (nSPS) is 11.7. The second-order valence-electron chi connectivity index (χ2n) is 4.18. The molecular weight excluding hydrogens is 316 g/mol. The van der Waals surface area contributed by atoms with Crippen LogP contribution in [0, 0.1) is 0 Å². The highest BCUT2D eigenvalue weighted by Crippen LogP contribution is 2.26. The molecule has 0 unspecified atom stereocenters. The lowest BCUT2D eigenvalue weighted by molar-refractivity contribution is 0.0687. The number of hydrogen-bond donors (Lipinski definition) is 2. The Morgan fingerprint density at radius 1 is 1.38 bits per heavy atom. The molecule has 2 rings (SSSR count). The zero-order chi connectivity index (χ0) is 15.6. The van der Waals surface area contributed by atoms with Gasteiger partial charge in [-0.25, -0.2) is 18.2 Å². The molecule has 112 valence electrons. The lowest BCUT2D eigenvalue weighted by Crippen LogP contribution is -2.27. The molecule has 0 atom stereocenters. The highest BCUT2D eigenvalue weighted by Gasteiger charge is 2.29. The molecule has 0 radical (unpaired) electrons. The lowest BCUT2D eigenvalue weighted by atomic mass is 10.2. The molecule has 0 aliphatic heterocycles. The van der Waals surface area contributed by atoms with Crippen LogP contribution >= 0.6 is 11.3 Å². The monoisotopic (exact) mass is 328 g/mol. The van der Waals surface area contributed by atoms with Gasteiger partial charge in [0.15, 0.2) is 9.90 Å². The van der Waals surface area contributed by atoms with Crippen LogP contribution < -0.4 is 0 Å². The van der Waals surface area contributed by atoms with Crippen LogP contribution in [0.1, 0.15) is 16.1 Å². The van der Waals surface area contributed by atoms with Crippen molar-refractivity contribution in [3.05, 3.63) is 41.0 Å². The van der Waals surface area contributed by atoms with E-state index in [-0.39, 0.29) is 16.5 Å². The van der Waals surface area contributed by atoms with Gasteiger partial charge in [0, 0.05) is 19.2 Å². The summed E-state index contributed by atoms with van der Waals surface area (Å²) in [5.74, 6) is -1.42. The number of sulfonamides is 1. The van der Waals surface area contributed by atoms with E-state index in [9.17, 15) is 18.3 Å². The molecule has 0 aliphatic carbocycles. The molecule has 1 aromatic heterocycles. The minimum Gasteiger partial charge on any atom is -0.508 e. The number of phenolic OH excluding ortho intramolecular Hbond substituents is 1. The Balaban J connectivity index is 2.33. The van der Waals surface area contributed by atoms with Crippen LogP contribution in [0.5, 0.6) is 5.75 Å². The van der Waals surface area contributed by atoms with E-state index in [4.69, 9.17) is 5.11 Å². The van der Waals surface area contributed by atoms with E-state index in [0.29, 0.717) is 5.56 Å². The van der Waals surface area contributed by atoms with Gasteiger partial charge in [-0.05, 0) is 6.07 Å². The first kappa shape index (κ1) is 15.4. The number of thiazole rings is 1. The summed E-state index contributed by atoms with van der Waals surface area (Å²) in [7, 11) is -2.68. The van der Waals surface area contributed by atoms with Gasteiger partial charge in [-0.1, -0.05) is 18.2 Å². The number of aromatic hydroxyl groups is 1. The van der Waals surface area contributed by atoms with Crippen LogP contribution in [0.2, 0.25) is 0 Å². The van der Waals surface area contributed by atoms with Gasteiger partial charge in [-0.2, -0.15) is 4.31 Å². The quantitative estimate of drug-likeness (QED) is 0.858. The van der Waals surface area contributed by atoms with Gasteiger partial charge in [-0.15, -0.1) is 11.3 Å². The number of carboxylic acids is 1. The molecule has 0 amide bonds. The van der Waals surface area contributed by atoms with Crippen molar-refractivity contribution in [1.82, 2.24) is 9.29 Å². The lowest BCUT2D eigenvalue weighted by Gasteiger charge is -2.17. The minimum atomic E-state index is -3.99. The molecule has 21 heavy (non-hydrogen) atoms. The Hall–Kier alpha value is -1.97. The first-order valence-corrected chi connectivity index (χ1v) is 8.06. The van der Waals surface area contributed by atoms with Crippen molar-refractivity contribution in [3.63, 3.8) is 0 Å². The maximum absolute atomic E-state index is 12.4. The maximum atomic E-state index is 12.4. The molecule has 1 heterocycles. The third-order valence-electron chi connectivity index (χ3n) is 2.77. The Morgan fingerprint density at radius 3 is 2.67 bits per heavy atom. The molecule has 2 aromatic rings. The van der Waals surface area contributed by atoms with E-state index in [1.807, 2.05) is 0 Å². The minimum absolute atomic E-state index is 0.0256. The van der Waals surface area contributed by atoms with Crippen LogP contribution in [0.3, 0.4) is 0 Å². The molecule has 0 spiro atoms. The molecule has 0 bridgehead atoms. The zero-order valence-electron chi connectivity index (χ0n) is 10.9. The van der Waals surface area contributed by atoms with Gasteiger partial charge in [-0.3, -0.25) is 0 Å². The number of carbonyl (C=O) groups is 1. The molecule has 9 heteroatoms. The summed E-state index contributed by atoms with van der Waals surface area (Å²) in [6.45, 7) is -0.0774. The van der Waals surface area contributed by atoms with Crippen molar-refractivity contribution in [2.75, 3.05) is 7.05 Å². The number of para-hydroxylation sites is 1. The van der Waals surface area contributed by atoms with Gasteiger partial charge in [0.2, 0.25) is 0 Å². The summed E-state index contributed by atoms with van der Waals surface area (Å²) in [6.07, 6.45) is 0. The van der Waals surface area contributed by atoms with Gasteiger partial charge >= 0.3 is 5.97 Å². The van der Waals surface area contributed by atoms with Crippen LogP contribution in [-0.4, -0.2) is 40.9 Å². The second kappa shape index (κ2) is 5.80. The number of nitrogens with zero attached hydrogens (tertiary/aromatic N) is 2. The highest BCUT2D eigenvalue weighted by atomic mass is 32.2. The maximum Gasteiger partial charge on any atom is 0.356 e. The van der Waals surface area contributed by atoms with E-state index in [2.05, 4.69) is 4.98 Å². The van der Waals surface area contributed by atoms with Crippen molar-refractivity contribution in [2.24, 2.45) is 0 Å². The van der Waals surface area contributed by atoms with Gasteiger partial charge < -0.3 is 10.2 Å². The molecule has 0 aliphatic rings. The van der Waals surface area contributed by atoms with E-state index >= 15 is 0 Å². The van der Waals surface area contributed by atoms with Crippen molar-refractivity contribution < 1.29 is 23.4 Å². The predicted octanol–water partition coefficient (Wildman–Crippen LogP) is 1.37. The molecule has 0 saturated heterocycles. The summed E-state index contributed by atoms with van der Waals surface area (Å²) in [4.78, 5) is 14.5. The van der Waals surface area contributed by atoms with Crippen molar-refractivity contribution in [2.45, 2.75) is 10.8 Å².